The number of aliphatic carboxylic acids is 1. The smallest absolute Gasteiger partial charge is 0.407 e. The summed E-state index contributed by atoms with van der Waals surface area (Å²) in [6, 6.07) is 14.6. The SMILES string of the molecule is CCC(CC(=O)N1C[C@@H](O)C[C@H]1C(=O)O)NC(=O)OCC1c2ccccc2-c2ccccc21. The lowest BCUT2D eigenvalue weighted by Gasteiger charge is -2.24. The van der Waals surface area contributed by atoms with Gasteiger partial charge in [0.15, 0.2) is 0 Å². The van der Waals surface area contributed by atoms with Crippen molar-refractivity contribution in [3.8, 4) is 11.1 Å². The number of ether oxygens (including phenoxy) is 1. The van der Waals surface area contributed by atoms with Crippen LogP contribution in [0.5, 0.6) is 0 Å². The Morgan fingerprint density at radius 3 is 2.27 bits per heavy atom. The molecule has 0 saturated carbocycles. The molecule has 1 saturated heterocycles. The molecular weight excluding hydrogens is 424 g/mol. The molecule has 1 aliphatic carbocycles. The van der Waals surface area contributed by atoms with Crippen molar-refractivity contribution in [3.05, 3.63) is 59.7 Å². The minimum atomic E-state index is -1.14. The molecule has 0 aromatic heterocycles. The third-order valence-corrected chi connectivity index (χ3v) is 6.46. The monoisotopic (exact) mass is 452 g/mol. The van der Waals surface area contributed by atoms with Crippen LogP contribution in [0.4, 0.5) is 4.79 Å². The van der Waals surface area contributed by atoms with Crippen LogP contribution in [0.25, 0.3) is 11.1 Å². The van der Waals surface area contributed by atoms with Crippen molar-refractivity contribution >= 4 is 18.0 Å². The number of rotatable bonds is 7. The van der Waals surface area contributed by atoms with Crippen molar-refractivity contribution in [2.24, 2.45) is 0 Å². The van der Waals surface area contributed by atoms with Crippen molar-refractivity contribution in [3.63, 3.8) is 0 Å². The third-order valence-electron chi connectivity index (χ3n) is 6.46. The van der Waals surface area contributed by atoms with Gasteiger partial charge < -0.3 is 25.2 Å². The van der Waals surface area contributed by atoms with Crippen LogP contribution in [0, 0.1) is 0 Å². The van der Waals surface area contributed by atoms with Gasteiger partial charge in [0.1, 0.15) is 12.6 Å². The molecular formula is C25H28N2O6. The number of fused-ring (bicyclic) bond motifs is 3. The number of carboxylic acid groups (broad SMARTS) is 1. The molecule has 3 N–H and O–H groups in total. The molecule has 1 aliphatic heterocycles. The largest absolute Gasteiger partial charge is 0.480 e. The van der Waals surface area contributed by atoms with Gasteiger partial charge in [-0.3, -0.25) is 4.79 Å². The maximum absolute atomic E-state index is 12.7. The average molecular weight is 453 g/mol. The molecule has 1 unspecified atom stereocenters. The molecule has 4 rings (SSSR count). The number of nitrogens with one attached hydrogen (secondary N) is 1. The van der Waals surface area contributed by atoms with E-state index in [1.54, 1.807) is 0 Å². The summed E-state index contributed by atoms with van der Waals surface area (Å²) in [5.41, 5.74) is 4.50. The Morgan fingerprint density at radius 2 is 1.70 bits per heavy atom. The van der Waals surface area contributed by atoms with Crippen LogP contribution >= 0.6 is 0 Å². The number of nitrogens with zero attached hydrogens (tertiary/aromatic N) is 1. The molecule has 8 heteroatoms. The second-order valence-corrected chi connectivity index (χ2v) is 8.57. The summed E-state index contributed by atoms with van der Waals surface area (Å²) in [5, 5.41) is 21.8. The number of hydrogen-bond donors (Lipinski definition) is 3. The van der Waals surface area contributed by atoms with Crippen molar-refractivity contribution in [2.75, 3.05) is 13.2 Å². The Kier molecular flexibility index (Phi) is 6.65. The molecule has 8 nitrogen and oxygen atoms in total. The second-order valence-electron chi connectivity index (χ2n) is 8.57. The lowest BCUT2D eigenvalue weighted by atomic mass is 9.98. The van der Waals surface area contributed by atoms with E-state index in [0.29, 0.717) is 6.42 Å². The quantitative estimate of drug-likeness (QED) is 0.595. The first-order valence-electron chi connectivity index (χ1n) is 11.2. The van der Waals surface area contributed by atoms with Gasteiger partial charge in [0.2, 0.25) is 5.91 Å². The van der Waals surface area contributed by atoms with Crippen molar-refractivity contribution in [1.29, 1.82) is 0 Å². The third kappa shape index (κ3) is 4.71. The molecule has 2 amide bonds. The highest BCUT2D eigenvalue weighted by Gasteiger charge is 2.39. The number of benzene rings is 2. The van der Waals surface area contributed by atoms with Crippen molar-refractivity contribution < 1.29 is 29.3 Å². The van der Waals surface area contributed by atoms with E-state index in [0.717, 1.165) is 22.3 Å². The van der Waals surface area contributed by atoms with Gasteiger partial charge in [0, 0.05) is 31.3 Å². The van der Waals surface area contributed by atoms with E-state index in [2.05, 4.69) is 17.4 Å². The number of carboxylic acids is 1. The predicted molar refractivity (Wildman–Crippen MR) is 121 cm³/mol. The van der Waals surface area contributed by atoms with Crippen molar-refractivity contribution in [1.82, 2.24) is 10.2 Å². The van der Waals surface area contributed by atoms with E-state index in [1.165, 1.54) is 4.90 Å². The number of β-amino-alcohol motifs (C(OH)–C–C–N with tert-alkyl or cyclic N) is 1. The van der Waals surface area contributed by atoms with Gasteiger partial charge in [-0.05, 0) is 28.7 Å². The summed E-state index contributed by atoms with van der Waals surface area (Å²) >= 11 is 0. The fraction of sp³-hybridized carbons (Fsp3) is 0.400. The zero-order valence-electron chi connectivity index (χ0n) is 18.4. The number of aliphatic hydroxyl groups excluding tert-OH is 1. The standard InChI is InChI=1S/C25H28N2O6/c1-2-15(11-23(29)27-13-16(28)12-22(27)24(30)31)26-25(32)33-14-21-19-9-5-3-7-17(19)18-8-4-6-10-20(18)21/h3-10,15-16,21-22,28H,2,11-14H2,1H3,(H,26,32)(H,30,31)/t15?,16-,22-/m0/s1. The first-order valence-corrected chi connectivity index (χ1v) is 11.2. The lowest BCUT2D eigenvalue weighted by molar-refractivity contribution is -0.148. The van der Waals surface area contributed by atoms with E-state index in [1.807, 2.05) is 43.3 Å². The second kappa shape index (κ2) is 9.62. The van der Waals surface area contributed by atoms with E-state index in [9.17, 15) is 24.6 Å². The van der Waals surface area contributed by atoms with Gasteiger partial charge in [-0.15, -0.1) is 0 Å². The number of hydrogen-bond acceptors (Lipinski definition) is 5. The van der Waals surface area contributed by atoms with Crippen LogP contribution in [0.2, 0.25) is 0 Å². The van der Waals surface area contributed by atoms with Crippen LogP contribution in [-0.4, -0.2) is 64.4 Å². The molecule has 3 atom stereocenters. The molecule has 0 bridgehead atoms. The minimum Gasteiger partial charge on any atom is -0.480 e. The van der Waals surface area contributed by atoms with Crippen LogP contribution in [0.3, 0.4) is 0 Å². The minimum absolute atomic E-state index is 0.0116. The van der Waals surface area contributed by atoms with E-state index in [4.69, 9.17) is 4.74 Å². The highest BCUT2D eigenvalue weighted by Crippen LogP contribution is 2.44. The molecule has 174 valence electrons. The molecule has 2 aromatic carbocycles. The summed E-state index contributed by atoms with van der Waals surface area (Å²) in [4.78, 5) is 37.7. The fourth-order valence-corrected chi connectivity index (χ4v) is 4.76. The summed E-state index contributed by atoms with van der Waals surface area (Å²) < 4.78 is 5.55. The first kappa shape index (κ1) is 22.8. The molecule has 1 fully saturated rings. The van der Waals surface area contributed by atoms with Gasteiger partial charge >= 0.3 is 12.1 Å². The first-order chi connectivity index (χ1) is 15.9. The number of likely N-dealkylation sites (tertiary alicyclic amines) is 1. The van der Waals surface area contributed by atoms with E-state index < -0.39 is 36.2 Å². The van der Waals surface area contributed by atoms with Crippen LogP contribution in [-0.2, 0) is 14.3 Å². The summed E-state index contributed by atoms with van der Waals surface area (Å²) in [7, 11) is 0. The van der Waals surface area contributed by atoms with Crippen LogP contribution in [0.1, 0.15) is 43.2 Å². The van der Waals surface area contributed by atoms with Gasteiger partial charge in [0.05, 0.1) is 6.10 Å². The number of alkyl carbamates (subject to hydrolysis) is 1. The predicted octanol–water partition coefficient (Wildman–Crippen LogP) is 2.74. The Hall–Kier alpha value is -3.39. The van der Waals surface area contributed by atoms with Gasteiger partial charge in [-0.25, -0.2) is 9.59 Å². The van der Waals surface area contributed by atoms with Gasteiger partial charge in [0.25, 0.3) is 0 Å². The molecule has 2 aromatic rings. The highest BCUT2D eigenvalue weighted by molar-refractivity contribution is 5.85. The topological polar surface area (TPSA) is 116 Å². The van der Waals surface area contributed by atoms with Crippen LogP contribution in [0.15, 0.2) is 48.5 Å². The zero-order chi connectivity index (χ0) is 23.5. The van der Waals surface area contributed by atoms with Crippen molar-refractivity contribution in [2.45, 2.75) is 50.3 Å². The number of carbonyl (C=O) groups excluding carboxylic acids is 2. The Labute approximate surface area is 192 Å². The molecule has 0 radical (unpaired) electrons. The Bertz CT molecular complexity index is 1010. The molecule has 2 aliphatic rings. The Balaban J connectivity index is 1.36. The molecule has 33 heavy (non-hydrogen) atoms. The summed E-state index contributed by atoms with van der Waals surface area (Å²) in [5.74, 6) is -1.62. The number of carbonyl (C=O) groups is 3. The van der Waals surface area contributed by atoms with E-state index in [-0.39, 0.29) is 31.9 Å². The summed E-state index contributed by atoms with van der Waals surface area (Å²) in [6.45, 7) is 1.98. The lowest BCUT2D eigenvalue weighted by Crippen LogP contribution is -2.44. The Morgan fingerprint density at radius 1 is 1.09 bits per heavy atom. The zero-order valence-corrected chi connectivity index (χ0v) is 18.4. The van der Waals surface area contributed by atoms with E-state index >= 15 is 0 Å². The number of amides is 2. The normalized spacial score (nSPS) is 20.1. The number of aliphatic hydroxyl groups is 1. The maximum Gasteiger partial charge on any atom is 0.407 e. The maximum atomic E-state index is 12.7. The van der Waals surface area contributed by atoms with Gasteiger partial charge in [-0.2, -0.15) is 0 Å². The van der Waals surface area contributed by atoms with Crippen LogP contribution < -0.4 is 5.32 Å². The fourth-order valence-electron chi connectivity index (χ4n) is 4.76. The highest BCUT2D eigenvalue weighted by atomic mass is 16.5. The molecule has 1 heterocycles. The summed E-state index contributed by atoms with van der Waals surface area (Å²) in [6.07, 6.45) is -1.04. The molecule has 0 spiro atoms. The average Bonchev–Trinajstić information content (AvgIpc) is 3.35. The van der Waals surface area contributed by atoms with Gasteiger partial charge in [-0.1, -0.05) is 55.5 Å².